The minimum atomic E-state index is -0.981. The van der Waals surface area contributed by atoms with Crippen molar-refractivity contribution in [2.45, 2.75) is 71.5 Å². The molecule has 136 valence electrons. The Kier molecular flexibility index (Phi) is 7.76. The van der Waals surface area contributed by atoms with Gasteiger partial charge in [-0.15, -0.1) is 5.10 Å². The quantitative estimate of drug-likeness (QED) is 0.525. The lowest BCUT2D eigenvalue weighted by atomic mass is 10.1. The van der Waals surface area contributed by atoms with E-state index in [1.54, 1.807) is 18.5 Å². The lowest BCUT2D eigenvalue weighted by Crippen LogP contribution is -2.50. The van der Waals surface area contributed by atoms with E-state index >= 15 is 0 Å². The number of carbonyl (C=O) groups is 2. The van der Waals surface area contributed by atoms with Crippen LogP contribution in [-0.4, -0.2) is 44.1 Å². The average molecular weight is 339 g/mol. The molecule has 24 heavy (non-hydrogen) atoms. The molecule has 0 spiro atoms. The monoisotopic (exact) mass is 339 g/mol. The third kappa shape index (κ3) is 6.23. The molecule has 0 bridgehead atoms. The number of hydrogen-bond donors (Lipinski definition) is 3. The number of hydrogen-bond acceptors (Lipinski definition) is 6. The lowest BCUT2D eigenvalue weighted by molar-refractivity contribution is -0.126. The molecule has 1 rings (SSSR count). The Labute approximate surface area is 142 Å². The summed E-state index contributed by atoms with van der Waals surface area (Å²) >= 11 is 0. The molecule has 4 N–H and O–H groups in total. The largest absolute Gasteiger partial charge is 0.356 e. The first kappa shape index (κ1) is 20.0. The van der Waals surface area contributed by atoms with Crippen LogP contribution in [0.25, 0.3) is 0 Å². The number of nitrogens with zero attached hydrogens (tertiary/aromatic N) is 4. The Morgan fingerprint density at radius 2 is 2.04 bits per heavy atom. The normalized spacial score (nSPS) is 12.7. The van der Waals surface area contributed by atoms with E-state index in [2.05, 4.69) is 33.1 Å². The molecule has 2 amide bonds. The van der Waals surface area contributed by atoms with E-state index < -0.39 is 5.54 Å². The number of unbranched alkanes of at least 4 members (excludes halogenated alkanes) is 1. The minimum Gasteiger partial charge on any atom is -0.356 e. The second-order valence-corrected chi connectivity index (χ2v) is 6.37. The van der Waals surface area contributed by atoms with Crippen molar-refractivity contribution in [3.8, 4) is 0 Å². The van der Waals surface area contributed by atoms with E-state index in [0.29, 0.717) is 25.3 Å². The molecule has 0 radical (unpaired) electrons. The molecule has 0 saturated carbocycles. The van der Waals surface area contributed by atoms with Gasteiger partial charge in [0.25, 0.3) is 0 Å². The number of aromatic nitrogens is 4. The van der Waals surface area contributed by atoms with Crippen molar-refractivity contribution in [1.82, 2.24) is 30.8 Å². The van der Waals surface area contributed by atoms with Gasteiger partial charge in [0.1, 0.15) is 0 Å². The number of carbonyl (C=O) groups excluding carboxylic acids is 2. The summed E-state index contributed by atoms with van der Waals surface area (Å²) in [4.78, 5) is 23.9. The summed E-state index contributed by atoms with van der Waals surface area (Å²) in [6, 6.07) is -0.349. The predicted octanol–water partition coefficient (Wildman–Crippen LogP) is 0.284. The van der Waals surface area contributed by atoms with Gasteiger partial charge in [0.05, 0.1) is 18.1 Å². The Hall–Kier alpha value is -2.03. The highest BCUT2D eigenvalue weighted by Gasteiger charge is 2.27. The van der Waals surface area contributed by atoms with Gasteiger partial charge >= 0.3 is 0 Å². The molecule has 1 unspecified atom stereocenters. The van der Waals surface area contributed by atoms with Crippen molar-refractivity contribution >= 4 is 11.8 Å². The third-order valence-electron chi connectivity index (χ3n) is 3.57. The fourth-order valence-electron chi connectivity index (χ4n) is 2.01. The van der Waals surface area contributed by atoms with Gasteiger partial charge in [0, 0.05) is 13.0 Å². The van der Waals surface area contributed by atoms with Crippen molar-refractivity contribution in [1.29, 1.82) is 0 Å². The van der Waals surface area contributed by atoms with E-state index in [-0.39, 0.29) is 24.3 Å². The zero-order valence-electron chi connectivity index (χ0n) is 15.0. The lowest BCUT2D eigenvalue weighted by Gasteiger charge is -2.22. The highest BCUT2D eigenvalue weighted by molar-refractivity contribution is 5.85. The van der Waals surface area contributed by atoms with E-state index in [1.165, 1.54) is 0 Å². The highest BCUT2D eigenvalue weighted by Crippen LogP contribution is 2.14. The molecule has 1 aromatic rings. The van der Waals surface area contributed by atoms with Gasteiger partial charge in [0.2, 0.25) is 11.8 Å². The van der Waals surface area contributed by atoms with Crippen molar-refractivity contribution < 1.29 is 9.59 Å². The molecule has 0 fully saturated rings. The van der Waals surface area contributed by atoms with Crippen molar-refractivity contribution in [2.24, 2.45) is 5.73 Å². The zero-order chi connectivity index (χ0) is 18.2. The summed E-state index contributed by atoms with van der Waals surface area (Å²) in [6.07, 6.45) is 2.90. The fraction of sp³-hybridized carbons (Fsp3) is 0.800. The maximum Gasteiger partial charge on any atom is 0.240 e. The number of tetrazole rings is 1. The molecule has 1 atom stereocenters. The van der Waals surface area contributed by atoms with Crippen LogP contribution in [-0.2, 0) is 16.1 Å². The van der Waals surface area contributed by atoms with E-state index in [4.69, 9.17) is 5.73 Å². The molecule has 0 aliphatic heterocycles. The molecule has 0 saturated heterocycles. The maximum atomic E-state index is 12.1. The van der Waals surface area contributed by atoms with Crippen molar-refractivity contribution in [3.05, 3.63) is 5.82 Å². The van der Waals surface area contributed by atoms with Gasteiger partial charge in [-0.25, -0.2) is 4.68 Å². The van der Waals surface area contributed by atoms with Crippen LogP contribution in [0, 0.1) is 0 Å². The molecule has 0 aromatic carbocycles. The Bertz CT molecular complexity index is 536. The molecular formula is C15H29N7O2. The fourth-order valence-corrected chi connectivity index (χ4v) is 2.01. The summed E-state index contributed by atoms with van der Waals surface area (Å²) in [6.45, 7) is 8.30. The van der Waals surface area contributed by atoms with Crippen LogP contribution in [0.1, 0.15) is 65.2 Å². The molecule has 9 nitrogen and oxygen atoms in total. The van der Waals surface area contributed by atoms with Crippen LogP contribution in [0.2, 0.25) is 0 Å². The maximum absolute atomic E-state index is 12.1. The van der Waals surface area contributed by atoms with Crippen LogP contribution in [0.4, 0.5) is 0 Å². The number of aryl methyl sites for hydroxylation is 1. The minimum absolute atomic E-state index is 0.0370. The Morgan fingerprint density at radius 3 is 2.62 bits per heavy atom. The first-order valence-corrected chi connectivity index (χ1v) is 8.42. The molecular weight excluding hydrogens is 310 g/mol. The zero-order valence-corrected chi connectivity index (χ0v) is 15.0. The van der Waals surface area contributed by atoms with Crippen LogP contribution in [0.5, 0.6) is 0 Å². The highest BCUT2D eigenvalue weighted by atomic mass is 16.2. The van der Waals surface area contributed by atoms with Gasteiger partial charge in [-0.05, 0) is 37.1 Å². The topological polar surface area (TPSA) is 128 Å². The Balaban J connectivity index is 2.65. The van der Waals surface area contributed by atoms with Crippen LogP contribution in [0.3, 0.4) is 0 Å². The summed E-state index contributed by atoms with van der Waals surface area (Å²) < 4.78 is 1.55. The molecule has 1 aromatic heterocycles. The average Bonchev–Trinajstić information content (AvgIpc) is 2.98. The predicted molar refractivity (Wildman–Crippen MR) is 89.8 cm³/mol. The van der Waals surface area contributed by atoms with E-state index in [1.807, 2.05) is 6.92 Å². The van der Waals surface area contributed by atoms with Gasteiger partial charge in [-0.1, -0.05) is 20.3 Å². The Morgan fingerprint density at radius 1 is 1.33 bits per heavy atom. The third-order valence-corrected chi connectivity index (χ3v) is 3.57. The number of amides is 2. The second kappa shape index (κ2) is 9.31. The van der Waals surface area contributed by atoms with Gasteiger partial charge < -0.3 is 16.4 Å². The number of nitrogens with two attached hydrogens (primary N) is 1. The first-order chi connectivity index (χ1) is 11.3. The molecule has 0 aliphatic carbocycles. The van der Waals surface area contributed by atoms with Crippen LogP contribution >= 0.6 is 0 Å². The number of nitrogens with one attached hydrogen (secondary N) is 2. The SMILES string of the molecule is CCCCNC(=O)CCn1nnnc1C(CC)NC(=O)C(C)(C)N. The first-order valence-electron chi connectivity index (χ1n) is 8.42. The summed E-state index contributed by atoms with van der Waals surface area (Å²) in [5.74, 6) is 0.211. The smallest absolute Gasteiger partial charge is 0.240 e. The summed E-state index contributed by atoms with van der Waals surface area (Å²) in [5.41, 5.74) is 4.83. The molecule has 1 heterocycles. The van der Waals surface area contributed by atoms with Crippen LogP contribution < -0.4 is 16.4 Å². The standard InChI is InChI=1S/C15H29N7O2/c1-5-7-9-17-12(23)8-10-22-13(19-20-21-22)11(6-2)18-14(24)15(3,4)16/h11H,5-10,16H2,1-4H3,(H,17,23)(H,18,24). The van der Waals surface area contributed by atoms with Crippen molar-refractivity contribution in [3.63, 3.8) is 0 Å². The second-order valence-electron chi connectivity index (χ2n) is 6.37. The van der Waals surface area contributed by atoms with Crippen LogP contribution in [0.15, 0.2) is 0 Å². The molecule has 9 heteroatoms. The van der Waals surface area contributed by atoms with E-state index in [0.717, 1.165) is 12.8 Å². The van der Waals surface area contributed by atoms with Gasteiger partial charge in [-0.3, -0.25) is 9.59 Å². The summed E-state index contributed by atoms with van der Waals surface area (Å²) in [7, 11) is 0. The van der Waals surface area contributed by atoms with E-state index in [9.17, 15) is 9.59 Å². The number of rotatable bonds is 10. The summed E-state index contributed by atoms with van der Waals surface area (Å²) in [5, 5.41) is 17.3. The van der Waals surface area contributed by atoms with Crippen molar-refractivity contribution in [2.75, 3.05) is 6.54 Å². The van der Waals surface area contributed by atoms with Gasteiger partial charge in [0.15, 0.2) is 5.82 Å². The molecule has 0 aliphatic rings. The van der Waals surface area contributed by atoms with Gasteiger partial charge in [-0.2, -0.15) is 0 Å².